The van der Waals surface area contributed by atoms with Crippen molar-refractivity contribution in [2.24, 2.45) is 16.7 Å². The van der Waals surface area contributed by atoms with Crippen LogP contribution in [0.5, 0.6) is 0 Å². The molecule has 3 atom stereocenters. The summed E-state index contributed by atoms with van der Waals surface area (Å²) in [5, 5.41) is 3.70. The van der Waals surface area contributed by atoms with Crippen LogP contribution in [-0.2, 0) is 0 Å². The number of nitrogen functional groups attached to an aromatic ring is 1. The van der Waals surface area contributed by atoms with Gasteiger partial charge in [-0.2, -0.15) is 0 Å². The van der Waals surface area contributed by atoms with Crippen LogP contribution in [0.1, 0.15) is 50.4 Å². The van der Waals surface area contributed by atoms with E-state index in [-0.39, 0.29) is 22.8 Å². The Kier molecular flexibility index (Phi) is 3.25. The molecule has 0 radical (unpaired) electrons. The van der Waals surface area contributed by atoms with E-state index in [1.165, 1.54) is 19.3 Å². The number of anilines is 1. The molecule has 3 rings (SSSR count). The molecule has 2 aliphatic rings. The predicted molar refractivity (Wildman–Crippen MR) is 86.3 cm³/mol. The van der Waals surface area contributed by atoms with E-state index in [4.69, 9.17) is 17.3 Å². The van der Waals surface area contributed by atoms with E-state index >= 15 is 0 Å². The zero-order valence-corrected chi connectivity index (χ0v) is 13.6. The van der Waals surface area contributed by atoms with Gasteiger partial charge in [-0.05, 0) is 54.2 Å². The zero-order valence-electron chi connectivity index (χ0n) is 12.9. The van der Waals surface area contributed by atoms with Crippen molar-refractivity contribution in [1.29, 1.82) is 0 Å². The predicted octanol–water partition coefficient (Wildman–Crippen LogP) is 3.87. The first-order valence-corrected chi connectivity index (χ1v) is 7.98. The standard InChI is InChI=1S/C17H23ClN2O/c1-16(2)10-6-7-17(3,9-10)15(16)20-14(21)12-8-11(19)4-5-13(12)18/h4-5,8,10,15H,6-7,9,19H2,1-3H3,(H,20,21). The second-order valence-corrected chi connectivity index (χ2v) is 7.97. The molecule has 2 aliphatic carbocycles. The molecule has 1 aromatic rings. The summed E-state index contributed by atoms with van der Waals surface area (Å²) in [6, 6.07) is 5.23. The zero-order chi connectivity index (χ0) is 15.4. The van der Waals surface area contributed by atoms with Gasteiger partial charge in [0.25, 0.3) is 5.91 Å². The SMILES string of the molecule is CC12CCC(C1)C(C)(C)C2NC(=O)c1cc(N)ccc1Cl. The van der Waals surface area contributed by atoms with Gasteiger partial charge in [0.15, 0.2) is 0 Å². The number of fused-ring (bicyclic) bond motifs is 2. The van der Waals surface area contributed by atoms with Gasteiger partial charge < -0.3 is 11.1 Å². The number of hydrogen-bond donors (Lipinski definition) is 2. The van der Waals surface area contributed by atoms with E-state index in [0.717, 1.165) is 0 Å². The van der Waals surface area contributed by atoms with Crippen LogP contribution in [0, 0.1) is 16.7 Å². The van der Waals surface area contributed by atoms with Crippen LogP contribution in [0.3, 0.4) is 0 Å². The van der Waals surface area contributed by atoms with Crippen molar-refractivity contribution < 1.29 is 4.79 Å². The molecule has 21 heavy (non-hydrogen) atoms. The number of halogens is 1. The summed E-state index contributed by atoms with van der Waals surface area (Å²) in [6.07, 6.45) is 3.67. The second kappa shape index (κ2) is 4.64. The molecule has 1 aromatic carbocycles. The lowest BCUT2D eigenvalue weighted by atomic mass is 9.68. The summed E-state index contributed by atoms with van der Waals surface area (Å²) in [6.45, 7) is 6.84. The molecule has 3 unspecified atom stereocenters. The van der Waals surface area contributed by atoms with Crippen molar-refractivity contribution in [2.75, 3.05) is 5.73 Å². The van der Waals surface area contributed by atoms with Gasteiger partial charge in [-0.15, -0.1) is 0 Å². The topological polar surface area (TPSA) is 55.1 Å². The fourth-order valence-corrected chi connectivity index (χ4v) is 4.79. The Morgan fingerprint density at radius 2 is 2.10 bits per heavy atom. The third-order valence-electron chi connectivity index (χ3n) is 5.78. The Morgan fingerprint density at radius 1 is 1.38 bits per heavy atom. The lowest BCUT2D eigenvalue weighted by Crippen LogP contribution is -2.52. The first-order valence-electron chi connectivity index (χ1n) is 7.60. The van der Waals surface area contributed by atoms with Crippen LogP contribution in [0.25, 0.3) is 0 Å². The van der Waals surface area contributed by atoms with Crippen LogP contribution in [-0.4, -0.2) is 11.9 Å². The Morgan fingerprint density at radius 3 is 2.71 bits per heavy atom. The second-order valence-electron chi connectivity index (χ2n) is 7.56. The summed E-state index contributed by atoms with van der Waals surface area (Å²) in [5.74, 6) is 0.586. The third kappa shape index (κ3) is 2.22. The number of nitrogens with one attached hydrogen (secondary N) is 1. The molecule has 1 amide bonds. The Balaban J connectivity index is 1.86. The number of amides is 1. The number of hydrogen-bond acceptors (Lipinski definition) is 2. The number of nitrogens with two attached hydrogens (primary N) is 1. The van der Waals surface area contributed by atoms with Gasteiger partial charge in [-0.1, -0.05) is 32.4 Å². The summed E-state index contributed by atoms with van der Waals surface area (Å²) in [4.78, 5) is 12.6. The molecule has 3 nitrogen and oxygen atoms in total. The van der Waals surface area contributed by atoms with Crippen molar-refractivity contribution in [3.8, 4) is 0 Å². The van der Waals surface area contributed by atoms with E-state index < -0.39 is 0 Å². The quantitative estimate of drug-likeness (QED) is 0.815. The summed E-state index contributed by atoms with van der Waals surface area (Å²) >= 11 is 6.14. The summed E-state index contributed by atoms with van der Waals surface area (Å²) < 4.78 is 0. The first kappa shape index (κ1) is 14.7. The minimum Gasteiger partial charge on any atom is -0.399 e. The molecule has 114 valence electrons. The van der Waals surface area contributed by atoms with Crippen LogP contribution in [0.15, 0.2) is 18.2 Å². The number of rotatable bonds is 2. The average molecular weight is 307 g/mol. The van der Waals surface area contributed by atoms with Gasteiger partial charge in [0.2, 0.25) is 0 Å². The third-order valence-corrected chi connectivity index (χ3v) is 6.11. The monoisotopic (exact) mass is 306 g/mol. The first-order chi connectivity index (χ1) is 9.74. The lowest BCUT2D eigenvalue weighted by molar-refractivity contribution is 0.0737. The highest BCUT2D eigenvalue weighted by atomic mass is 35.5. The molecule has 0 saturated heterocycles. The molecule has 2 saturated carbocycles. The van der Waals surface area contributed by atoms with Crippen LogP contribution in [0.2, 0.25) is 5.02 Å². The van der Waals surface area contributed by atoms with Crippen molar-refractivity contribution in [3.05, 3.63) is 28.8 Å². The van der Waals surface area contributed by atoms with E-state index in [2.05, 4.69) is 26.1 Å². The average Bonchev–Trinajstić information content (AvgIpc) is 2.88. The molecule has 2 fully saturated rings. The lowest BCUT2D eigenvalue weighted by Gasteiger charge is -2.43. The van der Waals surface area contributed by atoms with Gasteiger partial charge in [-0.25, -0.2) is 0 Å². The highest BCUT2D eigenvalue weighted by Gasteiger charge is 2.59. The van der Waals surface area contributed by atoms with E-state index in [9.17, 15) is 4.79 Å². The molecule has 2 bridgehead atoms. The van der Waals surface area contributed by atoms with Gasteiger partial charge in [0, 0.05) is 11.7 Å². The molecule has 4 heteroatoms. The van der Waals surface area contributed by atoms with Gasteiger partial charge >= 0.3 is 0 Å². The van der Waals surface area contributed by atoms with Crippen LogP contribution < -0.4 is 11.1 Å². The fourth-order valence-electron chi connectivity index (χ4n) is 4.59. The van der Waals surface area contributed by atoms with Gasteiger partial charge in [0.1, 0.15) is 0 Å². The van der Waals surface area contributed by atoms with E-state index in [1.54, 1.807) is 18.2 Å². The fraction of sp³-hybridized carbons (Fsp3) is 0.588. The minimum atomic E-state index is -0.112. The minimum absolute atomic E-state index is 0.112. The molecule has 0 spiro atoms. The van der Waals surface area contributed by atoms with E-state index in [0.29, 0.717) is 22.2 Å². The number of benzene rings is 1. The van der Waals surface area contributed by atoms with Crippen molar-refractivity contribution >= 4 is 23.2 Å². The molecule has 0 heterocycles. The van der Waals surface area contributed by atoms with Crippen molar-refractivity contribution in [3.63, 3.8) is 0 Å². The maximum absolute atomic E-state index is 12.6. The summed E-state index contributed by atoms with van der Waals surface area (Å²) in [7, 11) is 0. The van der Waals surface area contributed by atoms with Crippen LogP contribution >= 0.6 is 11.6 Å². The maximum Gasteiger partial charge on any atom is 0.253 e. The van der Waals surface area contributed by atoms with Gasteiger partial charge in [-0.3, -0.25) is 4.79 Å². The Bertz CT molecular complexity index is 594. The normalized spacial score (nSPS) is 33.1. The Labute approximate surface area is 131 Å². The van der Waals surface area contributed by atoms with Crippen molar-refractivity contribution in [1.82, 2.24) is 5.32 Å². The smallest absolute Gasteiger partial charge is 0.253 e. The number of carbonyl (C=O) groups is 1. The Hall–Kier alpha value is -1.22. The van der Waals surface area contributed by atoms with Crippen molar-refractivity contribution in [2.45, 2.75) is 46.1 Å². The molecule has 3 N–H and O–H groups in total. The number of carbonyl (C=O) groups excluding carboxylic acids is 1. The largest absolute Gasteiger partial charge is 0.399 e. The van der Waals surface area contributed by atoms with Gasteiger partial charge in [0.05, 0.1) is 10.6 Å². The van der Waals surface area contributed by atoms with Crippen LogP contribution in [0.4, 0.5) is 5.69 Å². The molecular weight excluding hydrogens is 284 g/mol. The molecule has 0 aromatic heterocycles. The summed E-state index contributed by atoms with van der Waals surface area (Å²) in [5.41, 5.74) is 7.14. The maximum atomic E-state index is 12.6. The highest BCUT2D eigenvalue weighted by Crippen LogP contribution is 2.62. The molecular formula is C17H23ClN2O. The highest BCUT2D eigenvalue weighted by molar-refractivity contribution is 6.34. The molecule has 0 aliphatic heterocycles. The van der Waals surface area contributed by atoms with E-state index in [1.807, 2.05) is 0 Å².